The normalized spacial score (nSPS) is 20.5. The molecule has 1 heterocycles. The number of hydrogen-bond donors (Lipinski definition) is 1. The Balaban J connectivity index is 2.62. The van der Waals surface area contributed by atoms with E-state index in [9.17, 15) is 9.18 Å². The van der Waals surface area contributed by atoms with E-state index in [0.29, 0.717) is 5.69 Å². The van der Waals surface area contributed by atoms with Gasteiger partial charge in [-0.1, -0.05) is 27.7 Å². The van der Waals surface area contributed by atoms with Crippen LogP contribution in [0, 0.1) is 0 Å². The lowest BCUT2D eigenvalue weighted by Crippen LogP contribution is -2.36. The van der Waals surface area contributed by atoms with Crippen LogP contribution in [0.2, 0.25) is 0 Å². The summed E-state index contributed by atoms with van der Waals surface area (Å²) in [5.74, 6) is -2.76. The van der Waals surface area contributed by atoms with E-state index < -0.39 is 11.8 Å². The molecular weight excluding hydrogens is 271 g/mol. The molecule has 0 fully saturated rings. The number of carboxylic acids is 1. The van der Waals surface area contributed by atoms with Gasteiger partial charge in [-0.3, -0.25) is 4.98 Å². The average Bonchev–Trinajstić information content (AvgIpc) is 2.42. The Labute approximate surface area is 124 Å². The largest absolute Gasteiger partial charge is 0.476 e. The molecule has 0 amide bonds. The zero-order chi connectivity index (χ0) is 16.0. The Morgan fingerprint density at radius 2 is 1.71 bits per heavy atom. The molecule has 1 aliphatic rings. The monoisotopic (exact) mass is 292 g/mol. The summed E-state index contributed by atoms with van der Waals surface area (Å²) in [7, 11) is 0. The highest BCUT2D eigenvalue weighted by molar-refractivity contribution is 5.92. The molecule has 21 heavy (non-hydrogen) atoms. The van der Waals surface area contributed by atoms with Gasteiger partial charge in [0.05, 0.1) is 23.3 Å². The summed E-state index contributed by atoms with van der Waals surface area (Å²) in [5, 5.41) is 8.76. The molecular formula is C16H21FN2O2. The van der Waals surface area contributed by atoms with Crippen molar-refractivity contribution in [2.75, 3.05) is 0 Å². The summed E-state index contributed by atoms with van der Waals surface area (Å²) in [4.78, 5) is 19.8. The second-order valence-corrected chi connectivity index (χ2v) is 6.96. The topological polar surface area (TPSA) is 63.1 Å². The second kappa shape index (κ2) is 4.90. The van der Waals surface area contributed by atoms with Crippen LogP contribution in [-0.4, -0.2) is 21.0 Å². The fourth-order valence-electron chi connectivity index (χ4n) is 2.67. The third-order valence-corrected chi connectivity index (χ3v) is 4.33. The molecule has 0 aliphatic heterocycles. The van der Waals surface area contributed by atoms with Gasteiger partial charge >= 0.3 is 5.97 Å². The summed E-state index contributed by atoms with van der Waals surface area (Å²) in [6.07, 6.45) is 3.45. The van der Waals surface area contributed by atoms with E-state index in [-0.39, 0.29) is 16.4 Å². The quantitative estimate of drug-likeness (QED) is 0.846. The lowest BCUT2D eigenvalue weighted by atomic mass is 9.67. The van der Waals surface area contributed by atoms with Crippen molar-refractivity contribution in [3.63, 3.8) is 0 Å². The van der Waals surface area contributed by atoms with Crippen LogP contribution in [0.4, 0.5) is 4.39 Å². The van der Waals surface area contributed by atoms with Crippen molar-refractivity contribution < 1.29 is 14.3 Å². The minimum atomic E-state index is -1.58. The van der Waals surface area contributed by atoms with E-state index in [1.807, 2.05) is 0 Å². The van der Waals surface area contributed by atoms with Crippen molar-refractivity contribution in [3.8, 4) is 0 Å². The van der Waals surface area contributed by atoms with Gasteiger partial charge in [-0.05, 0) is 19.8 Å². The van der Waals surface area contributed by atoms with E-state index in [1.165, 1.54) is 13.1 Å². The van der Waals surface area contributed by atoms with Crippen LogP contribution in [0.15, 0.2) is 12.0 Å². The minimum absolute atomic E-state index is 0.0111. The average molecular weight is 292 g/mol. The molecule has 1 aromatic rings. The predicted octanol–water partition coefficient (Wildman–Crippen LogP) is 3.61. The Morgan fingerprint density at radius 1 is 1.19 bits per heavy atom. The van der Waals surface area contributed by atoms with E-state index in [1.54, 1.807) is 0 Å². The lowest BCUT2D eigenvalue weighted by molar-refractivity contribution is -0.134. The van der Waals surface area contributed by atoms with Crippen LogP contribution in [0.25, 0.3) is 5.57 Å². The highest BCUT2D eigenvalue weighted by Crippen LogP contribution is 2.44. The van der Waals surface area contributed by atoms with Crippen LogP contribution >= 0.6 is 0 Å². The highest BCUT2D eigenvalue weighted by Gasteiger charge is 2.39. The number of carboxylic acid groups (broad SMARTS) is 1. The Morgan fingerprint density at radius 3 is 2.24 bits per heavy atom. The molecule has 1 aliphatic carbocycles. The van der Waals surface area contributed by atoms with Crippen molar-refractivity contribution in [2.45, 2.75) is 58.3 Å². The van der Waals surface area contributed by atoms with Crippen molar-refractivity contribution in [2.24, 2.45) is 0 Å². The minimum Gasteiger partial charge on any atom is -0.476 e. The molecule has 0 unspecified atom stereocenters. The van der Waals surface area contributed by atoms with Gasteiger partial charge in [-0.15, -0.1) is 0 Å². The number of allylic oxidation sites excluding steroid dienone is 1. The molecule has 0 saturated heterocycles. The van der Waals surface area contributed by atoms with E-state index in [0.717, 1.165) is 24.2 Å². The number of nitrogens with zero attached hydrogens (tertiary/aromatic N) is 2. The second-order valence-electron chi connectivity index (χ2n) is 6.96. The van der Waals surface area contributed by atoms with Gasteiger partial charge in [0, 0.05) is 16.4 Å². The third-order valence-electron chi connectivity index (χ3n) is 4.33. The molecule has 2 rings (SSSR count). The molecule has 114 valence electrons. The Kier molecular flexibility index (Phi) is 3.64. The maximum absolute atomic E-state index is 13.6. The number of carbonyl (C=O) groups is 1. The van der Waals surface area contributed by atoms with Crippen LogP contribution in [-0.2, 0) is 15.6 Å². The maximum Gasteiger partial charge on any atom is 0.365 e. The smallest absolute Gasteiger partial charge is 0.365 e. The fraction of sp³-hybridized carbons (Fsp3) is 0.562. The van der Waals surface area contributed by atoms with E-state index in [4.69, 9.17) is 5.11 Å². The van der Waals surface area contributed by atoms with Gasteiger partial charge in [-0.25, -0.2) is 9.78 Å². The highest BCUT2D eigenvalue weighted by atomic mass is 19.1. The molecule has 0 spiro atoms. The molecule has 0 bridgehead atoms. The molecule has 0 saturated carbocycles. The third kappa shape index (κ3) is 2.69. The molecule has 0 atom stereocenters. The molecule has 0 radical (unpaired) electrons. The number of fused-ring (bicyclic) bond motifs is 1. The maximum atomic E-state index is 13.6. The first-order valence-corrected chi connectivity index (χ1v) is 7.04. The first kappa shape index (κ1) is 15.6. The summed E-state index contributed by atoms with van der Waals surface area (Å²) >= 11 is 0. The zero-order valence-corrected chi connectivity index (χ0v) is 13.1. The first-order chi connectivity index (χ1) is 9.56. The summed E-state index contributed by atoms with van der Waals surface area (Å²) < 4.78 is 13.6. The van der Waals surface area contributed by atoms with E-state index in [2.05, 4.69) is 37.7 Å². The van der Waals surface area contributed by atoms with Crippen LogP contribution in [0.3, 0.4) is 0 Å². The summed E-state index contributed by atoms with van der Waals surface area (Å²) in [5.41, 5.74) is 1.85. The first-order valence-electron chi connectivity index (χ1n) is 7.04. The van der Waals surface area contributed by atoms with Gasteiger partial charge in [0.2, 0.25) is 5.83 Å². The molecule has 4 nitrogen and oxygen atoms in total. The standard InChI is InChI=1S/C16H21FN2O2/c1-9(11(17)14(20)21)10-8-18-12-13(19-10)16(4,5)7-6-15(12,2)3/h8H,6-7H2,1-5H3,(H,20,21)/b11-9-. The van der Waals surface area contributed by atoms with Crippen LogP contribution in [0.1, 0.15) is 64.5 Å². The molecule has 5 heteroatoms. The van der Waals surface area contributed by atoms with Crippen LogP contribution in [0.5, 0.6) is 0 Å². The van der Waals surface area contributed by atoms with E-state index >= 15 is 0 Å². The number of aliphatic carboxylic acids is 1. The molecule has 1 N–H and O–H groups in total. The van der Waals surface area contributed by atoms with Gasteiger partial charge in [0.25, 0.3) is 0 Å². The number of halogens is 1. The van der Waals surface area contributed by atoms with Gasteiger partial charge in [0.1, 0.15) is 0 Å². The van der Waals surface area contributed by atoms with Gasteiger partial charge in [0.15, 0.2) is 0 Å². The van der Waals surface area contributed by atoms with Gasteiger partial charge < -0.3 is 5.11 Å². The SMILES string of the molecule is C/C(=C(/F)C(=O)O)c1cnc2c(n1)C(C)(C)CCC2(C)C. The number of aromatic nitrogens is 2. The van der Waals surface area contributed by atoms with Crippen molar-refractivity contribution in [1.29, 1.82) is 0 Å². The molecule has 1 aromatic heterocycles. The Bertz CT molecular complexity index is 633. The number of rotatable bonds is 2. The van der Waals surface area contributed by atoms with Crippen LogP contribution < -0.4 is 0 Å². The zero-order valence-electron chi connectivity index (χ0n) is 13.1. The van der Waals surface area contributed by atoms with Gasteiger partial charge in [-0.2, -0.15) is 4.39 Å². The lowest BCUT2D eigenvalue weighted by Gasteiger charge is -2.39. The van der Waals surface area contributed by atoms with Crippen molar-refractivity contribution in [1.82, 2.24) is 9.97 Å². The van der Waals surface area contributed by atoms with Crippen molar-refractivity contribution >= 4 is 11.5 Å². The fourth-order valence-corrected chi connectivity index (χ4v) is 2.67. The number of hydrogen-bond acceptors (Lipinski definition) is 3. The Hall–Kier alpha value is -1.78. The summed E-state index contributed by atoms with van der Waals surface area (Å²) in [6, 6.07) is 0. The predicted molar refractivity (Wildman–Crippen MR) is 78.7 cm³/mol. The summed E-state index contributed by atoms with van der Waals surface area (Å²) in [6.45, 7) is 9.84. The molecule has 0 aromatic carbocycles. The van der Waals surface area contributed by atoms with Crippen molar-refractivity contribution in [3.05, 3.63) is 29.1 Å².